The Balaban J connectivity index is 1.85. The molecule has 1 aliphatic rings. The third-order valence-corrected chi connectivity index (χ3v) is 3.25. The van der Waals surface area contributed by atoms with Gasteiger partial charge in [0.05, 0.1) is 0 Å². The van der Waals surface area contributed by atoms with Gasteiger partial charge in [-0.05, 0) is 31.5 Å². The van der Waals surface area contributed by atoms with Gasteiger partial charge in [-0.25, -0.2) is 0 Å². The summed E-state index contributed by atoms with van der Waals surface area (Å²) in [6.07, 6.45) is 2.66. The third-order valence-electron chi connectivity index (χ3n) is 3.25. The van der Waals surface area contributed by atoms with Gasteiger partial charge in [-0.1, -0.05) is 37.3 Å². The smallest absolute Gasteiger partial charge is 0.0234 e. The summed E-state index contributed by atoms with van der Waals surface area (Å²) >= 11 is 0. The quantitative estimate of drug-likeness (QED) is 0.834. The number of piperidine rings is 1. The van der Waals surface area contributed by atoms with Crippen LogP contribution in [0.3, 0.4) is 0 Å². The Morgan fingerprint density at radius 1 is 1.31 bits per heavy atom. The second-order valence-electron chi connectivity index (χ2n) is 4.62. The molecule has 2 nitrogen and oxygen atoms in total. The molecule has 0 aromatic heterocycles. The maximum atomic E-state index is 3.56. The van der Waals surface area contributed by atoms with E-state index in [0.29, 0.717) is 6.04 Å². The summed E-state index contributed by atoms with van der Waals surface area (Å²) in [5.41, 5.74) is 1.43. The van der Waals surface area contributed by atoms with Gasteiger partial charge in [0.2, 0.25) is 0 Å². The zero-order chi connectivity index (χ0) is 11.2. The van der Waals surface area contributed by atoms with Gasteiger partial charge < -0.3 is 5.32 Å². The Hall–Kier alpha value is -0.860. The van der Waals surface area contributed by atoms with Crippen LogP contribution in [-0.2, 0) is 6.54 Å². The molecule has 1 saturated heterocycles. The highest BCUT2D eigenvalue weighted by molar-refractivity contribution is 5.14. The Morgan fingerprint density at radius 3 is 2.88 bits per heavy atom. The number of hydrogen-bond acceptors (Lipinski definition) is 2. The molecule has 1 N–H and O–H groups in total. The molecule has 1 heterocycles. The molecule has 0 saturated carbocycles. The van der Waals surface area contributed by atoms with Crippen molar-refractivity contribution in [3.8, 4) is 0 Å². The van der Waals surface area contributed by atoms with Crippen LogP contribution in [0, 0.1) is 0 Å². The summed E-state index contributed by atoms with van der Waals surface area (Å²) in [6, 6.07) is 11.5. The molecule has 1 fully saturated rings. The highest BCUT2D eigenvalue weighted by Gasteiger charge is 2.18. The minimum atomic E-state index is 0.697. The maximum absolute atomic E-state index is 3.56. The van der Waals surface area contributed by atoms with E-state index in [1.807, 2.05) is 0 Å². The lowest BCUT2D eigenvalue weighted by atomic mass is 10.0. The van der Waals surface area contributed by atoms with Crippen LogP contribution in [0.2, 0.25) is 0 Å². The number of likely N-dealkylation sites (tertiary alicyclic amines) is 1. The van der Waals surface area contributed by atoms with E-state index in [1.54, 1.807) is 0 Å². The predicted octanol–water partition coefficient (Wildman–Crippen LogP) is 2.26. The molecule has 1 aliphatic heterocycles. The van der Waals surface area contributed by atoms with E-state index in [4.69, 9.17) is 0 Å². The fourth-order valence-corrected chi connectivity index (χ4v) is 2.50. The van der Waals surface area contributed by atoms with E-state index in [2.05, 4.69) is 47.5 Å². The molecule has 1 aromatic carbocycles. The Morgan fingerprint density at radius 2 is 2.12 bits per heavy atom. The second kappa shape index (κ2) is 6.02. The molecule has 2 heteroatoms. The lowest BCUT2D eigenvalue weighted by Gasteiger charge is -2.33. The number of hydrogen-bond donors (Lipinski definition) is 1. The van der Waals surface area contributed by atoms with Gasteiger partial charge in [0.25, 0.3) is 0 Å². The van der Waals surface area contributed by atoms with Gasteiger partial charge in [0.15, 0.2) is 0 Å². The van der Waals surface area contributed by atoms with Crippen LogP contribution in [0.15, 0.2) is 30.3 Å². The fourth-order valence-electron chi connectivity index (χ4n) is 2.50. The van der Waals surface area contributed by atoms with Crippen molar-refractivity contribution >= 4 is 0 Å². The first-order valence-corrected chi connectivity index (χ1v) is 6.38. The molecule has 0 spiro atoms. The first-order chi connectivity index (χ1) is 7.88. The first kappa shape index (κ1) is 11.6. The molecule has 2 rings (SSSR count). The van der Waals surface area contributed by atoms with Crippen LogP contribution in [0.1, 0.15) is 25.3 Å². The molecule has 0 unspecified atom stereocenters. The SMILES string of the molecule is CCN[C@H]1CCCN(Cc2ccccc2)C1. The van der Waals surface area contributed by atoms with Crippen LogP contribution in [0.4, 0.5) is 0 Å². The molecule has 0 bridgehead atoms. The van der Waals surface area contributed by atoms with Gasteiger partial charge in [-0.15, -0.1) is 0 Å². The minimum Gasteiger partial charge on any atom is -0.313 e. The highest BCUT2D eigenvalue weighted by Crippen LogP contribution is 2.13. The van der Waals surface area contributed by atoms with Gasteiger partial charge in [-0.2, -0.15) is 0 Å². The van der Waals surface area contributed by atoms with Gasteiger partial charge in [0.1, 0.15) is 0 Å². The largest absolute Gasteiger partial charge is 0.313 e. The monoisotopic (exact) mass is 218 g/mol. The second-order valence-corrected chi connectivity index (χ2v) is 4.62. The third kappa shape index (κ3) is 3.32. The maximum Gasteiger partial charge on any atom is 0.0234 e. The van der Waals surface area contributed by atoms with Crippen molar-refractivity contribution in [3.05, 3.63) is 35.9 Å². The topological polar surface area (TPSA) is 15.3 Å². The highest BCUT2D eigenvalue weighted by atomic mass is 15.2. The Bertz CT molecular complexity index is 295. The van der Waals surface area contributed by atoms with Crippen molar-refractivity contribution in [3.63, 3.8) is 0 Å². The van der Waals surface area contributed by atoms with E-state index < -0.39 is 0 Å². The van der Waals surface area contributed by atoms with Crippen molar-refractivity contribution in [1.82, 2.24) is 10.2 Å². The Labute approximate surface area is 98.7 Å². The first-order valence-electron chi connectivity index (χ1n) is 6.38. The number of benzene rings is 1. The van der Waals surface area contributed by atoms with Crippen molar-refractivity contribution in [2.24, 2.45) is 0 Å². The van der Waals surface area contributed by atoms with Gasteiger partial charge >= 0.3 is 0 Å². The van der Waals surface area contributed by atoms with Crippen molar-refractivity contribution in [2.75, 3.05) is 19.6 Å². The van der Waals surface area contributed by atoms with Crippen molar-refractivity contribution < 1.29 is 0 Å². The summed E-state index contributed by atoms with van der Waals surface area (Å²) in [6.45, 7) is 6.82. The molecule has 88 valence electrons. The predicted molar refractivity (Wildman–Crippen MR) is 68.4 cm³/mol. The Kier molecular flexibility index (Phi) is 4.37. The molecule has 0 aliphatic carbocycles. The van der Waals surface area contributed by atoms with Crippen molar-refractivity contribution in [1.29, 1.82) is 0 Å². The van der Waals surface area contributed by atoms with Crippen molar-refractivity contribution in [2.45, 2.75) is 32.4 Å². The molecule has 1 atom stereocenters. The summed E-state index contributed by atoms with van der Waals surface area (Å²) < 4.78 is 0. The van der Waals surface area contributed by atoms with Crippen LogP contribution >= 0.6 is 0 Å². The van der Waals surface area contributed by atoms with Gasteiger partial charge in [0, 0.05) is 19.1 Å². The van der Waals surface area contributed by atoms with E-state index in [-0.39, 0.29) is 0 Å². The fraction of sp³-hybridized carbons (Fsp3) is 0.571. The summed E-state index contributed by atoms with van der Waals surface area (Å²) in [7, 11) is 0. The summed E-state index contributed by atoms with van der Waals surface area (Å²) in [5, 5.41) is 3.56. The van der Waals surface area contributed by atoms with E-state index in [0.717, 1.165) is 13.1 Å². The van der Waals surface area contributed by atoms with Crippen LogP contribution in [0.5, 0.6) is 0 Å². The normalized spacial score (nSPS) is 22.2. The standard InChI is InChI=1S/C14H22N2/c1-2-15-14-9-6-10-16(12-14)11-13-7-4-3-5-8-13/h3-5,7-8,14-15H,2,6,9-12H2,1H3/t14-/m0/s1. The molecular formula is C14H22N2. The molecule has 0 radical (unpaired) electrons. The van der Waals surface area contributed by atoms with Crippen LogP contribution < -0.4 is 5.32 Å². The zero-order valence-corrected chi connectivity index (χ0v) is 10.2. The van der Waals surface area contributed by atoms with Gasteiger partial charge in [-0.3, -0.25) is 4.90 Å². The van der Waals surface area contributed by atoms with E-state index in [9.17, 15) is 0 Å². The number of rotatable bonds is 4. The van der Waals surface area contributed by atoms with E-state index >= 15 is 0 Å². The van der Waals surface area contributed by atoms with Crippen LogP contribution in [0.25, 0.3) is 0 Å². The number of likely N-dealkylation sites (N-methyl/N-ethyl adjacent to an activating group) is 1. The summed E-state index contributed by atoms with van der Waals surface area (Å²) in [5.74, 6) is 0. The zero-order valence-electron chi connectivity index (χ0n) is 10.2. The number of nitrogens with one attached hydrogen (secondary N) is 1. The molecular weight excluding hydrogens is 196 g/mol. The minimum absolute atomic E-state index is 0.697. The molecule has 1 aromatic rings. The lowest BCUT2D eigenvalue weighted by Crippen LogP contribution is -2.45. The lowest BCUT2D eigenvalue weighted by molar-refractivity contribution is 0.184. The molecule has 0 amide bonds. The van der Waals surface area contributed by atoms with Crippen LogP contribution in [-0.4, -0.2) is 30.6 Å². The molecule has 16 heavy (non-hydrogen) atoms. The van der Waals surface area contributed by atoms with E-state index in [1.165, 1.54) is 31.5 Å². The number of nitrogens with zero attached hydrogens (tertiary/aromatic N) is 1. The summed E-state index contributed by atoms with van der Waals surface area (Å²) in [4.78, 5) is 2.56. The average molecular weight is 218 g/mol. The average Bonchev–Trinajstić information content (AvgIpc) is 2.31.